The quantitative estimate of drug-likeness (QED) is 0.684. The molecule has 0 amide bonds. The molecule has 0 N–H and O–H groups in total. The van der Waals surface area contributed by atoms with Gasteiger partial charge in [-0.15, -0.1) is 0 Å². The fourth-order valence-corrected chi connectivity index (χ4v) is 2.96. The highest BCUT2D eigenvalue weighted by Crippen LogP contribution is 2.39. The van der Waals surface area contributed by atoms with Gasteiger partial charge in [-0.25, -0.2) is 0 Å². The average Bonchev–Trinajstić information content (AvgIpc) is 2.46. The lowest BCUT2D eigenvalue weighted by atomic mass is 9.70. The highest BCUT2D eigenvalue weighted by atomic mass is 16.1. The molecule has 2 aromatic rings. The first kappa shape index (κ1) is 12.9. The fraction of sp³-hybridized carbons (Fsp3) is 0.211. The van der Waals surface area contributed by atoms with Crippen LogP contribution in [0.2, 0.25) is 0 Å². The van der Waals surface area contributed by atoms with E-state index in [-0.39, 0.29) is 11.2 Å². The minimum Gasteiger partial charge on any atom is -0.289 e. The number of Topliss-reactive ketones (excluding diaryl/α,β-unsaturated/α-hetero) is 1. The first-order valence-electron chi connectivity index (χ1n) is 6.98. The number of carbonyl (C=O) groups is 1. The van der Waals surface area contributed by atoms with E-state index in [2.05, 4.69) is 19.9 Å². The average molecular weight is 262 g/mol. The summed E-state index contributed by atoms with van der Waals surface area (Å²) in [7, 11) is 0. The van der Waals surface area contributed by atoms with Gasteiger partial charge >= 0.3 is 0 Å². The Morgan fingerprint density at radius 3 is 2.35 bits per heavy atom. The molecule has 0 aromatic heterocycles. The van der Waals surface area contributed by atoms with Crippen LogP contribution in [0.3, 0.4) is 0 Å². The van der Waals surface area contributed by atoms with E-state index >= 15 is 0 Å². The van der Waals surface area contributed by atoms with Crippen LogP contribution in [0.4, 0.5) is 0 Å². The van der Waals surface area contributed by atoms with Crippen LogP contribution >= 0.6 is 0 Å². The number of ketones is 1. The number of hydrogen-bond donors (Lipinski definition) is 0. The molecule has 0 saturated carbocycles. The summed E-state index contributed by atoms with van der Waals surface area (Å²) in [6.07, 6.45) is 2.82. The van der Waals surface area contributed by atoms with Crippen molar-refractivity contribution >= 4 is 11.9 Å². The monoisotopic (exact) mass is 262 g/mol. The summed E-state index contributed by atoms with van der Waals surface area (Å²) in [5.74, 6) is 0.170. The van der Waals surface area contributed by atoms with Gasteiger partial charge in [-0.05, 0) is 29.0 Å². The van der Waals surface area contributed by atoms with Crippen molar-refractivity contribution in [3.05, 3.63) is 76.9 Å². The van der Waals surface area contributed by atoms with Crippen molar-refractivity contribution in [1.82, 2.24) is 0 Å². The van der Waals surface area contributed by atoms with E-state index in [1.54, 1.807) is 0 Å². The number of hydrogen-bond acceptors (Lipinski definition) is 1. The van der Waals surface area contributed by atoms with Gasteiger partial charge in [-0.2, -0.15) is 0 Å². The molecule has 0 atom stereocenters. The Morgan fingerprint density at radius 1 is 0.950 bits per heavy atom. The lowest BCUT2D eigenvalue weighted by molar-refractivity contribution is 0.101. The van der Waals surface area contributed by atoms with E-state index < -0.39 is 0 Å². The third-order valence-electron chi connectivity index (χ3n) is 3.97. The molecule has 1 nitrogen and oxygen atoms in total. The van der Waals surface area contributed by atoms with Gasteiger partial charge in [0.2, 0.25) is 0 Å². The number of carbonyl (C=O) groups excluding carboxylic acids is 1. The van der Waals surface area contributed by atoms with Gasteiger partial charge in [0.25, 0.3) is 0 Å². The van der Waals surface area contributed by atoms with E-state index in [4.69, 9.17) is 0 Å². The molecule has 0 fully saturated rings. The molecule has 20 heavy (non-hydrogen) atoms. The number of rotatable bonds is 1. The Bertz CT molecular complexity index is 678. The van der Waals surface area contributed by atoms with Crippen LogP contribution in [0.15, 0.2) is 60.2 Å². The van der Waals surface area contributed by atoms with Gasteiger partial charge in [0.05, 0.1) is 0 Å². The third kappa shape index (κ3) is 2.20. The largest absolute Gasteiger partial charge is 0.289 e. The van der Waals surface area contributed by atoms with Crippen molar-refractivity contribution in [3.8, 4) is 0 Å². The van der Waals surface area contributed by atoms with E-state index in [0.29, 0.717) is 0 Å². The summed E-state index contributed by atoms with van der Waals surface area (Å²) in [5.41, 5.74) is 4.01. The molecule has 0 heterocycles. The molecule has 1 heteroatoms. The molecule has 0 bridgehead atoms. The van der Waals surface area contributed by atoms with Crippen LogP contribution in [0, 0.1) is 0 Å². The predicted molar refractivity (Wildman–Crippen MR) is 82.8 cm³/mol. The molecule has 100 valence electrons. The molecule has 1 aliphatic carbocycles. The Hall–Kier alpha value is -2.15. The topological polar surface area (TPSA) is 17.1 Å². The second-order valence-electron chi connectivity index (χ2n) is 6.02. The maximum Gasteiger partial charge on any atom is 0.189 e. The van der Waals surface area contributed by atoms with Gasteiger partial charge in [0.15, 0.2) is 5.78 Å². The Morgan fingerprint density at radius 2 is 1.60 bits per heavy atom. The lowest BCUT2D eigenvalue weighted by Crippen LogP contribution is -2.29. The first-order valence-corrected chi connectivity index (χ1v) is 6.98. The summed E-state index contributed by atoms with van der Waals surface area (Å²) in [4.78, 5) is 12.6. The van der Waals surface area contributed by atoms with Gasteiger partial charge in [-0.1, -0.05) is 68.4 Å². The fourth-order valence-electron chi connectivity index (χ4n) is 2.96. The van der Waals surface area contributed by atoms with E-state index in [1.165, 1.54) is 0 Å². The highest BCUT2D eigenvalue weighted by Gasteiger charge is 2.34. The maximum absolute atomic E-state index is 12.6. The van der Waals surface area contributed by atoms with Crippen molar-refractivity contribution in [2.45, 2.75) is 25.7 Å². The van der Waals surface area contributed by atoms with Crippen LogP contribution in [0.1, 0.15) is 41.8 Å². The second-order valence-corrected chi connectivity index (χ2v) is 6.02. The zero-order valence-electron chi connectivity index (χ0n) is 11.9. The summed E-state index contributed by atoms with van der Waals surface area (Å²) in [6, 6.07) is 18.0. The number of fused-ring (bicyclic) bond motifs is 1. The molecule has 3 rings (SSSR count). The van der Waals surface area contributed by atoms with Gasteiger partial charge in [0.1, 0.15) is 0 Å². The second kappa shape index (κ2) is 4.75. The van der Waals surface area contributed by atoms with Crippen molar-refractivity contribution < 1.29 is 4.79 Å². The highest BCUT2D eigenvalue weighted by molar-refractivity contribution is 6.13. The van der Waals surface area contributed by atoms with Gasteiger partial charge < -0.3 is 0 Å². The Balaban J connectivity index is 2.09. The van der Waals surface area contributed by atoms with Crippen molar-refractivity contribution in [3.63, 3.8) is 0 Å². The smallest absolute Gasteiger partial charge is 0.189 e. The molecule has 0 saturated heterocycles. The first-order chi connectivity index (χ1) is 9.58. The standard InChI is InChI=1S/C19H18O/c1-19(2)13-15(12-14-8-4-3-5-9-14)18(20)16-10-6-7-11-17(16)19/h3-12H,13H2,1-2H3/b15-12+. The number of benzene rings is 2. The predicted octanol–water partition coefficient (Wildman–Crippen LogP) is 4.63. The molecule has 0 spiro atoms. The zero-order valence-corrected chi connectivity index (χ0v) is 11.9. The van der Waals surface area contributed by atoms with Gasteiger partial charge in [-0.3, -0.25) is 4.79 Å². The maximum atomic E-state index is 12.6. The summed E-state index contributed by atoms with van der Waals surface area (Å²) in [5, 5.41) is 0. The Labute approximate surface area is 120 Å². The third-order valence-corrected chi connectivity index (χ3v) is 3.97. The molecule has 0 radical (unpaired) electrons. The lowest BCUT2D eigenvalue weighted by Gasteiger charge is -2.33. The van der Waals surface area contributed by atoms with Crippen LogP contribution in [0.25, 0.3) is 6.08 Å². The van der Waals surface area contributed by atoms with Crippen LogP contribution in [-0.2, 0) is 5.41 Å². The van der Waals surface area contributed by atoms with E-state index in [1.807, 2.05) is 54.6 Å². The van der Waals surface area contributed by atoms with Crippen LogP contribution < -0.4 is 0 Å². The van der Waals surface area contributed by atoms with E-state index in [0.717, 1.165) is 28.7 Å². The van der Waals surface area contributed by atoms with Crippen LogP contribution in [0.5, 0.6) is 0 Å². The SMILES string of the molecule is CC1(C)C/C(=C\c2ccccc2)C(=O)c2ccccc21. The van der Waals surface area contributed by atoms with Crippen molar-refractivity contribution in [1.29, 1.82) is 0 Å². The number of allylic oxidation sites excluding steroid dienone is 1. The van der Waals surface area contributed by atoms with Crippen molar-refractivity contribution in [2.24, 2.45) is 0 Å². The molecule has 2 aromatic carbocycles. The van der Waals surface area contributed by atoms with Gasteiger partial charge in [0, 0.05) is 11.1 Å². The van der Waals surface area contributed by atoms with Crippen LogP contribution in [-0.4, -0.2) is 5.78 Å². The molecular weight excluding hydrogens is 244 g/mol. The molecule has 1 aliphatic rings. The Kier molecular flexibility index (Phi) is 3.06. The minimum absolute atomic E-state index is 0.00508. The molecule has 0 unspecified atom stereocenters. The zero-order chi connectivity index (χ0) is 14.2. The molecule has 0 aliphatic heterocycles. The summed E-state index contributed by atoms with van der Waals surface area (Å²) >= 11 is 0. The molecular formula is C19H18O. The summed E-state index contributed by atoms with van der Waals surface area (Å²) < 4.78 is 0. The summed E-state index contributed by atoms with van der Waals surface area (Å²) in [6.45, 7) is 4.41. The van der Waals surface area contributed by atoms with E-state index in [9.17, 15) is 4.79 Å². The van der Waals surface area contributed by atoms with Crippen molar-refractivity contribution in [2.75, 3.05) is 0 Å². The normalized spacial score (nSPS) is 18.9. The minimum atomic E-state index is 0.00508.